The second kappa shape index (κ2) is 3.03. The summed E-state index contributed by atoms with van der Waals surface area (Å²) in [5, 5.41) is 1.14. The van der Waals surface area contributed by atoms with Gasteiger partial charge in [0.25, 0.3) is 0 Å². The van der Waals surface area contributed by atoms with Crippen molar-refractivity contribution < 1.29 is 0 Å². The highest BCUT2D eigenvalue weighted by atomic mass is 32.1. The monoisotopic (exact) mass is 193 g/mol. The highest BCUT2D eigenvalue weighted by molar-refractivity contribution is 7.18. The molecule has 4 heteroatoms. The molecule has 0 saturated carbocycles. The maximum absolute atomic E-state index is 4.51. The second-order valence-corrected chi connectivity index (χ2v) is 4.33. The molecule has 0 aliphatic carbocycles. The fraction of sp³-hybridized carbons (Fsp3) is 0.444. The number of aryl methyl sites for hydroxylation is 1. The lowest BCUT2D eigenvalue weighted by atomic mass is 10.2. The summed E-state index contributed by atoms with van der Waals surface area (Å²) >= 11 is 1.66. The third-order valence-electron chi connectivity index (χ3n) is 1.89. The molecule has 68 valence electrons. The molecule has 2 heterocycles. The van der Waals surface area contributed by atoms with Gasteiger partial charge in [-0.05, 0) is 6.92 Å². The summed E-state index contributed by atoms with van der Waals surface area (Å²) in [5.41, 5.74) is 1.92. The van der Waals surface area contributed by atoms with Crippen molar-refractivity contribution in [3.05, 3.63) is 17.0 Å². The Bertz CT molecular complexity index is 433. The largest absolute Gasteiger partial charge is 0.239 e. The normalized spacial score (nSPS) is 11.4. The molecule has 0 aromatic carbocycles. The van der Waals surface area contributed by atoms with Crippen molar-refractivity contribution in [2.75, 3.05) is 0 Å². The van der Waals surface area contributed by atoms with Crippen LogP contribution < -0.4 is 0 Å². The molecular formula is C9H11N3S. The maximum Gasteiger partial charge on any atom is 0.147 e. The summed E-state index contributed by atoms with van der Waals surface area (Å²) in [6.45, 7) is 6.24. The molecule has 0 atom stereocenters. The Hall–Kier alpha value is -1.03. The number of nitrogens with zero attached hydrogens (tertiary/aromatic N) is 3. The van der Waals surface area contributed by atoms with E-state index in [-0.39, 0.29) is 0 Å². The highest BCUT2D eigenvalue weighted by Crippen LogP contribution is 2.26. The molecule has 0 bridgehead atoms. The molecule has 2 aromatic heterocycles. The summed E-state index contributed by atoms with van der Waals surface area (Å²) in [6.07, 6.45) is 1.60. The van der Waals surface area contributed by atoms with Crippen molar-refractivity contribution in [2.45, 2.75) is 26.7 Å². The minimum Gasteiger partial charge on any atom is -0.239 e. The zero-order valence-corrected chi connectivity index (χ0v) is 8.72. The number of thiazole rings is 1. The summed E-state index contributed by atoms with van der Waals surface area (Å²) in [5.74, 6) is 0.471. The first-order chi connectivity index (χ1) is 6.18. The third kappa shape index (κ3) is 1.42. The molecule has 0 N–H and O–H groups in total. The average molecular weight is 193 g/mol. The number of aromatic nitrogens is 3. The van der Waals surface area contributed by atoms with Gasteiger partial charge in [-0.2, -0.15) is 0 Å². The number of rotatable bonds is 1. The molecule has 0 unspecified atom stereocenters. The SMILES string of the molecule is Cc1ncnc2sc(C(C)C)nc12. The van der Waals surface area contributed by atoms with Gasteiger partial charge in [0.05, 0.1) is 10.7 Å². The zero-order valence-electron chi connectivity index (χ0n) is 7.90. The van der Waals surface area contributed by atoms with Crippen LogP contribution >= 0.6 is 11.3 Å². The fourth-order valence-corrected chi connectivity index (χ4v) is 2.09. The van der Waals surface area contributed by atoms with E-state index in [0.29, 0.717) is 5.92 Å². The summed E-state index contributed by atoms with van der Waals surface area (Å²) < 4.78 is 0. The minimum absolute atomic E-state index is 0.471. The molecule has 0 aliphatic rings. The van der Waals surface area contributed by atoms with E-state index in [0.717, 1.165) is 21.0 Å². The average Bonchev–Trinajstić information content (AvgIpc) is 2.49. The summed E-state index contributed by atoms with van der Waals surface area (Å²) in [6, 6.07) is 0. The van der Waals surface area contributed by atoms with E-state index >= 15 is 0 Å². The Morgan fingerprint density at radius 3 is 2.69 bits per heavy atom. The molecule has 2 rings (SSSR count). The number of hydrogen-bond acceptors (Lipinski definition) is 4. The van der Waals surface area contributed by atoms with Crippen molar-refractivity contribution in [1.82, 2.24) is 15.0 Å². The van der Waals surface area contributed by atoms with Crippen LogP contribution in [0.5, 0.6) is 0 Å². The van der Waals surface area contributed by atoms with Gasteiger partial charge < -0.3 is 0 Å². The number of hydrogen-bond donors (Lipinski definition) is 0. The quantitative estimate of drug-likeness (QED) is 0.698. The van der Waals surface area contributed by atoms with Gasteiger partial charge in [-0.3, -0.25) is 0 Å². The van der Waals surface area contributed by atoms with Gasteiger partial charge in [0.1, 0.15) is 16.7 Å². The molecule has 13 heavy (non-hydrogen) atoms. The first-order valence-electron chi connectivity index (χ1n) is 4.26. The van der Waals surface area contributed by atoms with E-state index in [9.17, 15) is 0 Å². The molecule has 0 saturated heterocycles. The predicted molar refractivity (Wildman–Crippen MR) is 54.0 cm³/mol. The highest BCUT2D eigenvalue weighted by Gasteiger charge is 2.09. The van der Waals surface area contributed by atoms with E-state index < -0.39 is 0 Å². The third-order valence-corrected chi connectivity index (χ3v) is 3.15. The lowest BCUT2D eigenvalue weighted by molar-refractivity contribution is 0.856. The van der Waals surface area contributed by atoms with E-state index in [1.165, 1.54) is 0 Å². The Kier molecular flexibility index (Phi) is 2.00. The van der Waals surface area contributed by atoms with Crippen LogP contribution in [-0.4, -0.2) is 15.0 Å². The van der Waals surface area contributed by atoms with Crippen molar-refractivity contribution in [1.29, 1.82) is 0 Å². The van der Waals surface area contributed by atoms with Crippen molar-refractivity contribution in [2.24, 2.45) is 0 Å². The first kappa shape index (κ1) is 8.56. The number of fused-ring (bicyclic) bond motifs is 1. The fourth-order valence-electron chi connectivity index (χ4n) is 1.13. The van der Waals surface area contributed by atoms with Crippen LogP contribution in [0.15, 0.2) is 6.33 Å². The van der Waals surface area contributed by atoms with Crippen LogP contribution in [-0.2, 0) is 0 Å². The molecule has 0 fully saturated rings. The molecule has 0 amide bonds. The maximum atomic E-state index is 4.51. The van der Waals surface area contributed by atoms with Gasteiger partial charge in [-0.15, -0.1) is 0 Å². The molecule has 0 radical (unpaired) electrons. The van der Waals surface area contributed by atoms with E-state index in [2.05, 4.69) is 28.8 Å². The summed E-state index contributed by atoms with van der Waals surface area (Å²) in [7, 11) is 0. The zero-order chi connectivity index (χ0) is 9.42. The van der Waals surface area contributed by atoms with Gasteiger partial charge in [-0.1, -0.05) is 25.2 Å². The van der Waals surface area contributed by atoms with Crippen LogP contribution in [0, 0.1) is 6.92 Å². The van der Waals surface area contributed by atoms with Gasteiger partial charge in [0, 0.05) is 5.92 Å². The Morgan fingerprint density at radius 1 is 1.31 bits per heavy atom. The second-order valence-electron chi connectivity index (χ2n) is 3.32. The molecule has 0 spiro atoms. The topological polar surface area (TPSA) is 38.7 Å². The molecular weight excluding hydrogens is 182 g/mol. The smallest absolute Gasteiger partial charge is 0.147 e. The van der Waals surface area contributed by atoms with E-state index in [1.54, 1.807) is 17.7 Å². The lowest BCUT2D eigenvalue weighted by Gasteiger charge is -1.94. The lowest BCUT2D eigenvalue weighted by Crippen LogP contribution is -1.86. The van der Waals surface area contributed by atoms with Gasteiger partial charge in [-0.25, -0.2) is 15.0 Å². The van der Waals surface area contributed by atoms with Crippen LogP contribution in [0.3, 0.4) is 0 Å². The van der Waals surface area contributed by atoms with Crippen LogP contribution in [0.25, 0.3) is 10.3 Å². The van der Waals surface area contributed by atoms with Crippen molar-refractivity contribution in [3.8, 4) is 0 Å². The molecule has 3 nitrogen and oxygen atoms in total. The van der Waals surface area contributed by atoms with Gasteiger partial charge in [0.15, 0.2) is 0 Å². The van der Waals surface area contributed by atoms with E-state index in [4.69, 9.17) is 0 Å². The van der Waals surface area contributed by atoms with Crippen molar-refractivity contribution >= 4 is 21.7 Å². The minimum atomic E-state index is 0.471. The molecule has 0 aliphatic heterocycles. The van der Waals surface area contributed by atoms with E-state index in [1.807, 2.05) is 6.92 Å². The Morgan fingerprint density at radius 2 is 2.08 bits per heavy atom. The Labute approximate surface area is 80.9 Å². The van der Waals surface area contributed by atoms with Crippen LogP contribution in [0.2, 0.25) is 0 Å². The first-order valence-corrected chi connectivity index (χ1v) is 5.08. The van der Waals surface area contributed by atoms with Gasteiger partial charge in [0.2, 0.25) is 0 Å². The van der Waals surface area contributed by atoms with Gasteiger partial charge >= 0.3 is 0 Å². The molecule has 2 aromatic rings. The van der Waals surface area contributed by atoms with Crippen LogP contribution in [0.4, 0.5) is 0 Å². The Balaban J connectivity index is 2.68. The van der Waals surface area contributed by atoms with Crippen LogP contribution in [0.1, 0.15) is 30.5 Å². The standard InChI is InChI=1S/C9H11N3S/c1-5(2)8-12-7-6(3)10-4-11-9(7)13-8/h4-5H,1-3H3. The van der Waals surface area contributed by atoms with Crippen molar-refractivity contribution in [3.63, 3.8) is 0 Å². The predicted octanol–water partition coefficient (Wildman–Crippen LogP) is 2.52. The summed E-state index contributed by atoms with van der Waals surface area (Å²) in [4.78, 5) is 13.8.